The molecule has 6 heteroatoms. The highest BCUT2D eigenvalue weighted by atomic mass is 16.2. The Balaban J connectivity index is 2.00. The van der Waals surface area contributed by atoms with Crippen LogP contribution < -0.4 is 5.56 Å². The molecule has 0 unspecified atom stereocenters. The second-order valence-corrected chi connectivity index (χ2v) is 3.97. The van der Waals surface area contributed by atoms with Crippen molar-refractivity contribution in [2.75, 3.05) is 13.1 Å². The number of likely N-dealkylation sites (tertiary alicyclic amines) is 1. The average Bonchev–Trinajstić information content (AvgIpc) is 2.33. The quantitative estimate of drug-likeness (QED) is 0.688. The zero-order valence-electron chi connectivity index (χ0n) is 9.33. The second-order valence-electron chi connectivity index (χ2n) is 3.97. The predicted molar refractivity (Wildman–Crippen MR) is 59.3 cm³/mol. The van der Waals surface area contributed by atoms with Crippen LogP contribution in [0.4, 0.5) is 0 Å². The predicted octanol–water partition coefficient (Wildman–Crippen LogP) is -0.565. The van der Waals surface area contributed by atoms with Crippen LogP contribution in [-0.2, 0) is 16.1 Å². The second kappa shape index (κ2) is 4.90. The van der Waals surface area contributed by atoms with E-state index in [1.54, 1.807) is 4.90 Å². The van der Waals surface area contributed by atoms with Crippen LogP contribution in [0.1, 0.15) is 12.8 Å². The number of Topliss-reactive ketones (excluding diaryl/α,β-unsaturated/α-hetero) is 1. The minimum Gasteiger partial charge on any atom is -0.340 e. The van der Waals surface area contributed by atoms with Crippen molar-refractivity contribution in [2.45, 2.75) is 19.4 Å². The van der Waals surface area contributed by atoms with Crippen LogP contribution in [0, 0.1) is 0 Å². The summed E-state index contributed by atoms with van der Waals surface area (Å²) in [5.41, 5.74) is -0.249. The topological polar surface area (TPSA) is 72.3 Å². The lowest BCUT2D eigenvalue weighted by Gasteiger charge is -2.26. The van der Waals surface area contributed by atoms with Gasteiger partial charge in [0.25, 0.3) is 5.56 Å². The van der Waals surface area contributed by atoms with Gasteiger partial charge in [-0.3, -0.25) is 19.0 Å². The van der Waals surface area contributed by atoms with Gasteiger partial charge in [0.15, 0.2) is 0 Å². The molecule has 0 aromatic carbocycles. The van der Waals surface area contributed by atoms with Crippen LogP contribution in [0.5, 0.6) is 0 Å². The third-order valence-corrected chi connectivity index (χ3v) is 2.77. The summed E-state index contributed by atoms with van der Waals surface area (Å²) >= 11 is 0. The maximum atomic E-state index is 11.9. The van der Waals surface area contributed by atoms with E-state index in [1.165, 1.54) is 23.2 Å². The van der Waals surface area contributed by atoms with Gasteiger partial charge in [0, 0.05) is 38.2 Å². The molecule has 1 aliphatic rings. The minimum absolute atomic E-state index is 0.0130. The van der Waals surface area contributed by atoms with Crippen molar-refractivity contribution < 1.29 is 9.59 Å². The van der Waals surface area contributed by atoms with E-state index in [0.717, 1.165) is 0 Å². The number of hydrogen-bond donors (Lipinski definition) is 0. The molecule has 1 aromatic heterocycles. The fourth-order valence-electron chi connectivity index (χ4n) is 1.75. The monoisotopic (exact) mass is 235 g/mol. The number of carbonyl (C=O) groups is 2. The number of aromatic nitrogens is 2. The van der Waals surface area contributed by atoms with Crippen molar-refractivity contribution in [3.63, 3.8) is 0 Å². The van der Waals surface area contributed by atoms with Gasteiger partial charge in [0.2, 0.25) is 5.91 Å². The number of ketones is 1. The standard InChI is InChI=1S/C11H13N3O3/c15-9-2-5-13(6-3-9)11(17)7-14-8-12-4-1-10(14)16/h1,4,8H,2-3,5-7H2. The fourth-order valence-corrected chi connectivity index (χ4v) is 1.75. The highest BCUT2D eigenvalue weighted by molar-refractivity contribution is 5.83. The molecule has 0 radical (unpaired) electrons. The number of rotatable bonds is 2. The maximum absolute atomic E-state index is 11.9. The lowest BCUT2D eigenvalue weighted by Crippen LogP contribution is -2.41. The van der Waals surface area contributed by atoms with Gasteiger partial charge in [0.1, 0.15) is 12.3 Å². The summed E-state index contributed by atoms with van der Waals surface area (Å²) in [6, 6.07) is 1.31. The summed E-state index contributed by atoms with van der Waals surface area (Å²) in [5.74, 6) is 0.0418. The van der Waals surface area contributed by atoms with E-state index >= 15 is 0 Å². The average molecular weight is 235 g/mol. The summed E-state index contributed by atoms with van der Waals surface area (Å²) in [6.07, 6.45) is 3.56. The Kier molecular flexibility index (Phi) is 3.32. The molecule has 1 amide bonds. The molecule has 2 heterocycles. The lowest BCUT2D eigenvalue weighted by molar-refractivity contribution is -0.135. The largest absolute Gasteiger partial charge is 0.340 e. The molecule has 1 fully saturated rings. The van der Waals surface area contributed by atoms with Gasteiger partial charge in [-0.05, 0) is 0 Å². The molecule has 0 spiro atoms. The van der Waals surface area contributed by atoms with Crippen molar-refractivity contribution in [3.05, 3.63) is 28.9 Å². The molecule has 0 N–H and O–H groups in total. The van der Waals surface area contributed by atoms with E-state index in [9.17, 15) is 14.4 Å². The number of amides is 1. The summed E-state index contributed by atoms with van der Waals surface area (Å²) in [6.45, 7) is 0.889. The van der Waals surface area contributed by atoms with E-state index < -0.39 is 0 Å². The Morgan fingerprint density at radius 2 is 2.00 bits per heavy atom. The highest BCUT2D eigenvalue weighted by Gasteiger charge is 2.20. The molecule has 1 aliphatic heterocycles. The van der Waals surface area contributed by atoms with Gasteiger partial charge in [-0.15, -0.1) is 0 Å². The molecular formula is C11H13N3O3. The smallest absolute Gasteiger partial charge is 0.253 e. The first kappa shape index (κ1) is 11.5. The number of nitrogens with zero attached hydrogens (tertiary/aromatic N) is 3. The summed E-state index contributed by atoms with van der Waals surface area (Å²) < 4.78 is 1.26. The molecule has 1 saturated heterocycles. The minimum atomic E-state index is -0.249. The third kappa shape index (κ3) is 2.77. The first-order valence-electron chi connectivity index (χ1n) is 5.47. The van der Waals surface area contributed by atoms with Crippen LogP contribution in [0.3, 0.4) is 0 Å². The van der Waals surface area contributed by atoms with Gasteiger partial charge in [-0.2, -0.15) is 0 Å². The molecule has 2 rings (SSSR count). The van der Waals surface area contributed by atoms with E-state index in [0.29, 0.717) is 25.9 Å². The molecule has 17 heavy (non-hydrogen) atoms. The van der Waals surface area contributed by atoms with Crippen molar-refractivity contribution in [2.24, 2.45) is 0 Å². The molecule has 6 nitrogen and oxygen atoms in total. The van der Waals surface area contributed by atoms with Gasteiger partial charge < -0.3 is 4.90 Å². The van der Waals surface area contributed by atoms with E-state index in [2.05, 4.69) is 4.98 Å². The zero-order chi connectivity index (χ0) is 12.3. The molecule has 0 atom stereocenters. The van der Waals surface area contributed by atoms with Crippen molar-refractivity contribution in [3.8, 4) is 0 Å². The SMILES string of the molecule is O=C1CCN(C(=O)Cn2cnccc2=O)CC1. The van der Waals surface area contributed by atoms with E-state index in [-0.39, 0.29) is 23.8 Å². The van der Waals surface area contributed by atoms with Crippen LogP contribution in [-0.4, -0.2) is 39.2 Å². The summed E-state index contributed by atoms with van der Waals surface area (Å²) in [4.78, 5) is 39.7. The Bertz CT molecular complexity index is 485. The van der Waals surface area contributed by atoms with Gasteiger partial charge >= 0.3 is 0 Å². The van der Waals surface area contributed by atoms with Crippen molar-refractivity contribution >= 4 is 11.7 Å². The fraction of sp³-hybridized carbons (Fsp3) is 0.455. The Morgan fingerprint density at radius 1 is 1.29 bits per heavy atom. The number of carbonyl (C=O) groups excluding carboxylic acids is 2. The Morgan fingerprint density at radius 3 is 2.65 bits per heavy atom. The third-order valence-electron chi connectivity index (χ3n) is 2.77. The Labute approximate surface area is 97.9 Å². The molecule has 0 saturated carbocycles. The number of piperidine rings is 1. The van der Waals surface area contributed by atoms with Gasteiger partial charge in [-0.1, -0.05) is 0 Å². The van der Waals surface area contributed by atoms with Crippen LogP contribution in [0.2, 0.25) is 0 Å². The highest BCUT2D eigenvalue weighted by Crippen LogP contribution is 2.06. The first-order chi connectivity index (χ1) is 8.16. The van der Waals surface area contributed by atoms with Crippen LogP contribution in [0.15, 0.2) is 23.4 Å². The first-order valence-corrected chi connectivity index (χ1v) is 5.47. The van der Waals surface area contributed by atoms with Gasteiger partial charge in [-0.25, -0.2) is 4.98 Å². The molecular weight excluding hydrogens is 222 g/mol. The maximum Gasteiger partial charge on any atom is 0.253 e. The van der Waals surface area contributed by atoms with Gasteiger partial charge in [0.05, 0.1) is 6.33 Å². The van der Waals surface area contributed by atoms with Crippen molar-refractivity contribution in [1.82, 2.24) is 14.5 Å². The summed E-state index contributed by atoms with van der Waals surface area (Å²) in [5, 5.41) is 0. The number of hydrogen-bond acceptors (Lipinski definition) is 4. The molecule has 0 aliphatic carbocycles. The van der Waals surface area contributed by atoms with Crippen molar-refractivity contribution in [1.29, 1.82) is 0 Å². The molecule has 1 aromatic rings. The molecule has 90 valence electrons. The normalized spacial score (nSPS) is 16.0. The summed E-state index contributed by atoms with van der Waals surface area (Å²) in [7, 11) is 0. The zero-order valence-corrected chi connectivity index (χ0v) is 9.33. The van der Waals surface area contributed by atoms with Crippen LogP contribution in [0.25, 0.3) is 0 Å². The van der Waals surface area contributed by atoms with E-state index in [1.807, 2.05) is 0 Å². The Hall–Kier alpha value is -1.98. The van der Waals surface area contributed by atoms with E-state index in [4.69, 9.17) is 0 Å². The lowest BCUT2D eigenvalue weighted by atomic mass is 10.1. The molecule has 0 bridgehead atoms. The van der Waals surface area contributed by atoms with Crippen LogP contribution >= 0.6 is 0 Å².